The third kappa shape index (κ3) is 3.64. The largest absolute Gasteiger partial charge is 0.495 e. The number of anilines is 1. The van der Waals surface area contributed by atoms with Crippen LogP contribution < -0.4 is 19.7 Å². The molecule has 0 aliphatic carbocycles. The Bertz CT molecular complexity index is 892. The average molecular weight is 401 g/mol. The molecule has 146 valence electrons. The number of ether oxygens (including phenoxy) is 2. The average Bonchev–Trinajstić information content (AvgIpc) is 3.29. The third-order valence-electron chi connectivity index (χ3n) is 5.15. The van der Waals surface area contributed by atoms with Gasteiger partial charge in [-0.2, -0.15) is 0 Å². The zero-order chi connectivity index (χ0) is 19.7. The topological polar surface area (TPSA) is 67.9 Å². The Hall–Kier alpha value is -2.73. The first kappa shape index (κ1) is 18.6. The van der Waals surface area contributed by atoms with E-state index in [1.807, 2.05) is 24.3 Å². The van der Waals surface area contributed by atoms with Gasteiger partial charge in [0.2, 0.25) is 11.8 Å². The lowest BCUT2D eigenvalue weighted by molar-refractivity contribution is -0.126. The van der Waals surface area contributed by atoms with Crippen LogP contribution in [0.5, 0.6) is 11.5 Å². The van der Waals surface area contributed by atoms with E-state index in [-0.39, 0.29) is 24.3 Å². The van der Waals surface area contributed by atoms with E-state index in [1.165, 1.54) is 7.11 Å². The van der Waals surface area contributed by atoms with Crippen molar-refractivity contribution >= 4 is 29.1 Å². The maximum Gasteiger partial charge on any atom is 0.227 e. The Kier molecular flexibility index (Phi) is 5.13. The summed E-state index contributed by atoms with van der Waals surface area (Å²) in [4.78, 5) is 26.7. The molecule has 1 saturated heterocycles. The monoisotopic (exact) mass is 400 g/mol. The number of carbonyl (C=O) groups is 2. The van der Waals surface area contributed by atoms with Crippen LogP contribution in [-0.4, -0.2) is 38.1 Å². The zero-order valence-corrected chi connectivity index (χ0v) is 16.2. The second-order valence-corrected chi connectivity index (χ2v) is 7.45. The van der Waals surface area contributed by atoms with Crippen LogP contribution >= 0.6 is 11.6 Å². The van der Waals surface area contributed by atoms with Gasteiger partial charge in [-0.1, -0.05) is 29.8 Å². The number of para-hydroxylation sites is 1. The van der Waals surface area contributed by atoms with Gasteiger partial charge in [0.1, 0.15) is 17.6 Å². The van der Waals surface area contributed by atoms with E-state index in [4.69, 9.17) is 21.1 Å². The molecule has 0 aromatic heterocycles. The minimum atomic E-state index is -0.417. The molecule has 1 N–H and O–H groups in total. The summed E-state index contributed by atoms with van der Waals surface area (Å²) in [5, 5.41) is 3.44. The smallest absolute Gasteiger partial charge is 0.227 e. The van der Waals surface area contributed by atoms with Crippen LogP contribution in [0.2, 0.25) is 5.02 Å². The highest BCUT2D eigenvalue weighted by Crippen LogP contribution is 2.35. The summed E-state index contributed by atoms with van der Waals surface area (Å²) >= 11 is 6.07. The van der Waals surface area contributed by atoms with Crippen LogP contribution in [-0.2, 0) is 16.0 Å². The van der Waals surface area contributed by atoms with Crippen LogP contribution in [0.15, 0.2) is 42.5 Å². The van der Waals surface area contributed by atoms with Crippen molar-refractivity contribution in [2.24, 2.45) is 5.92 Å². The molecular weight excluding hydrogens is 380 g/mol. The predicted molar refractivity (Wildman–Crippen MR) is 106 cm³/mol. The number of rotatable bonds is 5. The molecule has 7 heteroatoms. The van der Waals surface area contributed by atoms with Gasteiger partial charge >= 0.3 is 0 Å². The molecule has 0 unspecified atom stereocenters. The van der Waals surface area contributed by atoms with Crippen molar-refractivity contribution < 1.29 is 19.1 Å². The number of fused-ring (bicyclic) bond motifs is 1. The molecule has 2 atom stereocenters. The van der Waals surface area contributed by atoms with Gasteiger partial charge in [-0.3, -0.25) is 9.59 Å². The summed E-state index contributed by atoms with van der Waals surface area (Å²) in [6.45, 7) is 0.714. The van der Waals surface area contributed by atoms with E-state index in [1.54, 1.807) is 23.1 Å². The van der Waals surface area contributed by atoms with Gasteiger partial charge in [-0.05, 0) is 29.8 Å². The maximum absolute atomic E-state index is 12.6. The van der Waals surface area contributed by atoms with Crippen molar-refractivity contribution in [3.05, 3.63) is 53.1 Å². The van der Waals surface area contributed by atoms with E-state index in [0.29, 0.717) is 29.5 Å². The number of benzene rings is 2. The molecular formula is C21H21ClN2O4. The Balaban J connectivity index is 1.37. The lowest BCUT2D eigenvalue weighted by Crippen LogP contribution is -2.39. The fraction of sp³-hybridized carbons (Fsp3) is 0.333. The molecule has 0 radical (unpaired) electrons. The molecule has 4 rings (SSSR count). The lowest BCUT2D eigenvalue weighted by Gasteiger charge is -2.20. The van der Waals surface area contributed by atoms with E-state index < -0.39 is 5.92 Å². The summed E-state index contributed by atoms with van der Waals surface area (Å²) in [5.41, 5.74) is 1.74. The number of nitrogens with one attached hydrogen (secondary N) is 1. The SMILES string of the molecule is COc1ccc(Cl)cc1N1C[C@@H](C(=O)NC[C@@H]2Cc3ccccc3O2)CC1=O. The van der Waals surface area contributed by atoms with E-state index in [9.17, 15) is 9.59 Å². The van der Waals surface area contributed by atoms with Crippen LogP contribution in [0.3, 0.4) is 0 Å². The fourth-order valence-corrected chi connectivity index (χ4v) is 3.88. The Labute approximate surface area is 168 Å². The number of nitrogens with zero attached hydrogens (tertiary/aromatic N) is 1. The zero-order valence-electron chi connectivity index (χ0n) is 15.5. The first-order valence-electron chi connectivity index (χ1n) is 9.21. The van der Waals surface area contributed by atoms with E-state index in [2.05, 4.69) is 5.32 Å². The van der Waals surface area contributed by atoms with Gasteiger partial charge in [0.05, 0.1) is 25.3 Å². The maximum atomic E-state index is 12.6. The molecule has 2 heterocycles. The molecule has 2 amide bonds. The number of halogens is 1. The van der Waals surface area contributed by atoms with E-state index >= 15 is 0 Å². The molecule has 0 saturated carbocycles. The van der Waals surface area contributed by atoms with Crippen molar-refractivity contribution in [2.75, 3.05) is 25.1 Å². The normalized spacial score (nSPS) is 20.6. The number of amides is 2. The summed E-state index contributed by atoms with van der Waals surface area (Å²) in [6.07, 6.45) is 0.849. The highest BCUT2D eigenvalue weighted by molar-refractivity contribution is 6.31. The predicted octanol–water partition coefficient (Wildman–Crippen LogP) is 2.82. The number of methoxy groups -OCH3 is 1. The molecule has 2 aromatic carbocycles. The van der Waals surface area contributed by atoms with Crippen molar-refractivity contribution in [2.45, 2.75) is 18.9 Å². The van der Waals surface area contributed by atoms with Gasteiger partial charge in [0, 0.05) is 24.4 Å². The molecule has 1 fully saturated rings. The van der Waals surface area contributed by atoms with Gasteiger partial charge in [0.15, 0.2) is 0 Å². The van der Waals surface area contributed by atoms with Crippen molar-refractivity contribution in [1.82, 2.24) is 5.32 Å². The Morgan fingerprint density at radius 1 is 1.29 bits per heavy atom. The highest BCUT2D eigenvalue weighted by Gasteiger charge is 2.36. The van der Waals surface area contributed by atoms with Gasteiger partial charge in [0.25, 0.3) is 0 Å². The van der Waals surface area contributed by atoms with Crippen LogP contribution in [0.1, 0.15) is 12.0 Å². The molecule has 2 aromatic rings. The van der Waals surface area contributed by atoms with Gasteiger partial charge in [-0.15, -0.1) is 0 Å². The first-order valence-corrected chi connectivity index (χ1v) is 9.59. The standard InChI is InChI=1S/C21H21ClN2O4/c1-27-19-7-6-15(22)10-17(19)24-12-14(9-20(24)25)21(26)23-11-16-8-13-4-2-3-5-18(13)28-16/h2-7,10,14,16H,8-9,11-12H2,1H3,(H,23,26)/t14-,16-/m0/s1. The van der Waals surface area contributed by atoms with Crippen LogP contribution in [0, 0.1) is 5.92 Å². The number of hydrogen-bond acceptors (Lipinski definition) is 4. The van der Waals surface area contributed by atoms with E-state index in [0.717, 1.165) is 17.7 Å². The summed E-state index contributed by atoms with van der Waals surface area (Å²) in [6, 6.07) is 13.0. The summed E-state index contributed by atoms with van der Waals surface area (Å²) < 4.78 is 11.2. The molecule has 2 aliphatic rings. The Morgan fingerprint density at radius 2 is 2.11 bits per heavy atom. The highest BCUT2D eigenvalue weighted by atomic mass is 35.5. The van der Waals surface area contributed by atoms with Crippen molar-refractivity contribution in [3.8, 4) is 11.5 Å². The Morgan fingerprint density at radius 3 is 2.89 bits per heavy atom. The van der Waals surface area contributed by atoms with Gasteiger partial charge < -0.3 is 19.7 Å². The van der Waals surface area contributed by atoms with Crippen molar-refractivity contribution in [3.63, 3.8) is 0 Å². The third-order valence-corrected chi connectivity index (χ3v) is 5.38. The summed E-state index contributed by atoms with van der Waals surface area (Å²) in [5.74, 6) is 0.745. The molecule has 6 nitrogen and oxygen atoms in total. The number of hydrogen-bond donors (Lipinski definition) is 1. The van der Waals surface area contributed by atoms with Gasteiger partial charge in [-0.25, -0.2) is 0 Å². The minimum Gasteiger partial charge on any atom is -0.495 e. The van der Waals surface area contributed by atoms with Crippen LogP contribution in [0.4, 0.5) is 5.69 Å². The fourth-order valence-electron chi connectivity index (χ4n) is 3.72. The second-order valence-electron chi connectivity index (χ2n) is 7.02. The summed E-state index contributed by atoms with van der Waals surface area (Å²) in [7, 11) is 1.54. The first-order chi connectivity index (χ1) is 13.5. The lowest BCUT2D eigenvalue weighted by atomic mass is 10.1. The quantitative estimate of drug-likeness (QED) is 0.838. The molecule has 28 heavy (non-hydrogen) atoms. The van der Waals surface area contributed by atoms with Crippen molar-refractivity contribution in [1.29, 1.82) is 0 Å². The second kappa shape index (κ2) is 7.72. The minimum absolute atomic E-state index is 0.0809. The molecule has 0 spiro atoms. The molecule has 2 aliphatic heterocycles. The number of carbonyl (C=O) groups excluding carboxylic acids is 2. The van der Waals surface area contributed by atoms with Crippen LogP contribution in [0.25, 0.3) is 0 Å². The molecule has 0 bridgehead atoms.